The summed E-state index contributed by atoms with van der Waals surface area (Å²) in [5, 5.41) is 58.1. The van der Waals surface area contributed by atoms with E-state index < -0.39 is 0 Å². The molecule has 680 valence electrons. The molecule has 7 rings (SSSR count). The van der Waals surface area contributed by atoms with Crippen molar-refractivity contribution in [3.8, 4) is 0 Å². The molecule has 0 aromatic carbocycles. The van der Waals surface area contributed by atoms with Crippen molar-refractivity contribution in [2.75, 3.05) is 0 Å². The Hall–Kier alpha value is -6.02. The quantitative estimate of drug-likeness (QED) is 0.0324. The first-order chi connectivity index (χ1) is 56.1. The molecule has 0 N–H and O–H groups in total. The lowest BCUT2D eigenvalue weighted by Crippen LogP contribution is -2.10. The molecule has 0 amide bonds. The molecule has 0 atom stereocenters. The van der Waals surface area contributed by atoms with Gasteiger partial charge < -0.3 is 0 Å². The van der Waals surface area contributed by atoms with Crippen LogP contribution in [0.1, 0.15) is 407 Å². The van der Waals surface area contributed by atoms with Crippen LogP contribution < -0.4 is 0 Å². The highest BCUT2D eigenvalue weighted by Crippen LogP contribution is 2.19. The Morgan fingerprint density at radius 2 is 0.492 bits per heavy atom. The molecule has 0 unspecified atom stereocenters. The molecule has 118 heavy (non-hydrogen) atoms. The van der Waals surface area contributed by atoms with E-state index in [1.54, 1.807) is 0 Å². The highest BCUT2D eigenvalue weighted by Gasteiger charge is 2.12. The molecule has 7 aromatic heterocycles. The van der Waals surface area contributed by atoms with Crippen LogP contribution in [0.25, 0.3) is 0 Å². The van der Waals surface area contributed by atoms with E-state index in [1.165, 1.54) is 190 Å². The molecule has 0 fully saturated rings. The van der Waals surface area contributed by atoms with Gasteiger partial charge in [0.1, 0.15) is 0 Å². The first-order valence-corrected chi connectivity index (χ1v) is 48.3. The maximum Gasteiger partial charge on any atom is 0.0829 e. The molecule has 21 heteroatoms. The highest BCUT2D eigenvalue weighted by atomic mass is 15.5. The molecular weight excluding hydrogens is 1460 g/mol. The molecule has 21 nitrogen and oxygen atoms in total. The molecule has 0 saturated carbocycles. The van der Waals surface area contributed by atoms with Gasteiger partial charge in [-0.15, -0.1) is 35.7 Å². The van der Waals surface area contributed by atoms with Crippen molar-refractivity contribution in [2.24, 2.45) is 82.9 Å². The van der Waals surface area contributed by atoms with Gasteiger partial charge in [0, 0.05) is 70.6 Å². The summed E-state index contributed by atoms with van der Waals surface area (Å²) in [4.78, 5) is 0. The third-order valence-electron chi connectivity index (χ3n) is 20.5. The molecule has 0 aliphatic rings. The Bertz CT molecular complexity index is 3290. The largest absolute Gasteiger partial charge is 0.252 e. The van der Waals surface area contributed by atoms with Crippen LogP contribution in [0.4, 0.5) is 0 Å². The van der Waals surface area contributed by atoms with Crippen molar-refractivity contribution in [3.05, 3.63) is 83.2 Å². The molecular formula is C97H187N21. The molecule has 0 aliphatic carbocycles. The zero-order chi connectivity index (χ0) is 88.0. The van der Waals surface area contributed by atoms with Gasteiger partial charge in [0.05, 0.1) is 58.4 Å². The van der Waals surface area contributed by atoms with Gasteiger partial charge in [-0.2, -0.15) is 0 Å². The van der Waals surface area contributed by atoms with Crippen LogP contribution in [0.2, 0.25) is 0 Å². The van der Waals surface area contributed by atoms with Crippen LogP contribution in [0.3, 0.4) is 0 Å². The molecule has 0 radical (unpaired) electrons. The average Bonchev–Trinajstić information content (AvgIpc) is 1.82. The fraction of sp³-hybridized carbons (Fsp3) is 0.856. The summed E-state index contributed by atoms with van der Waals surface area (Å²) in [7, 11) is 0. The van der Waals surface area contributed by atoms with E-state index in [1.807, 2.05) is 37.3 Å². The number of hydrogen-bond donors (Lipinski definition) is 0. The first-order valence-electron chi connectivity index (χ1n) is 48.3. The van der Waals surface area contributed by atoms with Gasteiger partial charge in [-0.25, -0.2) is 14.0 Å². The number of aromatic nitrogens is 21. The second-order valence-corrected chi connectivity index (χ2v) is 40.2. The predicted octanol–water partition coefficient (Wildman–Crippen LogP) is 25.5. The second-order valence-electron chi connectivity index (χ2n) is 40.2. The maximum absolute atomic E-state index is 4.22. The van der Waals surface area contributed by atoms with Gasteiger partial charge in [0.2, 0.25) is 0 Å². The topological polar surface area (TPSA) is 215 Å². The fourth-order valence-corrected chi connectivity index (χ4v) is 13.4. The number of nitrogens with zero attached hydrogens (tertiary/aromatic N) is 21. The van der Waals surface area contributed by atoms with E-state index in [0.717, 1.165) is 179 Å². The average molecular weight is 1650 g/mol. The van der Waals surface area contributed by atoms with Gasteiger partial charge in [0.25, 0.3) is 0 Å². The van der Waals surface area contributed by atoms with Crippen molar-refractivity contribution >= 4 is 0 Å². The van der Waals surface area contributed by atoms with Crippen LogP contribution in [-0.2, 0) is 90.8 Å². The smallest absolute Gasteiger partial charge is 0.0829 e. The summed E-state index contributed by atoms with van der Waals surface area (Å²) in [6, 6.07) is 0. The van der Waals surface area contributed by atoms with Crippen LogP contribution in [0, 0.1) is 82.9 Å². The highest BCUT2D eigenvalue weighted by molar-refractivity contribution is 4.98. The molecule has 7 heterocycles. The normalized spacial score (nSPS) is 11.6. The summed E-state index contributed by atoms with van der Waals surface area (Å²) in [5.41, 5.74) is 8.46. The van der Waals surface area contributed by atoms with Crippen molar-refractivity contribution in [1.82, 2.24) is 105 Å². The molecule has 0 spiro atoms. The third-order valence-corrected chi connectivity index (χ3v) is 20.5. The van der Waals surface area contributed by atoms with Gasteiger partial charge in [0.15, 0.2) is 0 Å². The van der Waals surface area contributed by atoms with E-state index in [0.29, 0.717) is 17.8 Å². The van der Waals surface area contributed by atoms with E-state index in [9.17, 15) is 0 Å². The molecule has 0 saturated heterocycles. The Balaban J connectivity index is 0.000000689. The summed E-state index contributed by atoms with van der Waals surface area (Å²) >= 11 is 0. The monoisotopic (exact) mass is 1650 g/mol. The molecule has 0 aliphatic heterocycles. The maximum atomic E-state index is 4.22. The summed E-state index contributed by atoms with van der Waals surface area (Å²) in [6.07, 6.45) is 56.2. The first kappa shape index (κ1) is 110. The van der Waals surface area contributed by atoms with Crippen LogP contribution >= 0.6 is 0 Å². The summed E-state index contributed by atoms with van der Waals surface area (Å²) in [5.74, 6) is 10.7. The number of hydrogen-bond acceptors (Lipinski definition) is 14. The number of unbranched alkanes of at least 4 members (excludes halogenated alkanes) is 7. The molecule has 7 aromatic rings. The minimum absolute atomic E-state index is 0.635. The van der Waals surface area contributed by atoms with Crippen LogP contribution in [0.15, 0.2) is 43.4 Å². The minimum atomic E-state index is 0.635. The van der Waals surface area contributed by atoms with Gasteiger partial charge >= 0.3 is 0 Å². The van der Waals surface area contributed by atoms with Crippen LogP contribution in [0.5, 0.6) is 0 Å². The number of rotatable bonds is 55. The van der Waals surface area contributed by atoms with Crippen molar-refractivity contribution in [3.63, 3.8) is 0 Å². The van der Waals surface area contributed by atoms with Crippen molar-refractivity contribution in [2.45, 2.75) is 458 Å². The Morgan fingerprint density at radius 3 is 0.898 bits per heavy atom. The van der Waals surface area contributed by atoms with Gasteiger partial charge in [-0.3, -0.25) is 18.7 Å². The van der Waals surface area contributed by atoms with E-state index >= 15 is 0 Å². The van der Waals surface area contributed by atoms with E-state index in [2.05, 4.69) is 305 Å². The SMILES string of the molecule is CC(C)CCCCCn1cc(CC(C)C)nn1.CC(C)CCCCc1cn(CC(C)C)nn1.CC(C)CCCCc1cnnn1CC(C)C.CC(C)CCCCc1cnnn1CCC(C)C.CC(C)CCCCc1cnnn1CCCC(C)C.CC(C)CCCCn1cc(CCC(C)C)nn1.CC(C)CCCc1cn(CCCC(C)C)nn1. The lowest BCUT2D eigenvalue weighted by Gasteiger charge is -2.08. The van der Waals surface area contributed by atoms with Gasteiger partial charge in [-0.1, -0.05) is 320 Å². The van der Waals surface area contributed by atoms with Gasteiger partial charge in [-0.05, 0) is 211 Å². The third kappa shape index (κ3) is 63.9. The Morgan fingerprint density at radius 1 is 0.203 bits per heavy atom. The van der Waals surface area contributed by atoms with E-state index in [4.69, 9.17) is 0 Å². The number of aryl methyl sites for hydroxylation is 11. The Kier molecular flexibility index (Phi) is 63.9. The zero-order valence-electron chi connectivity index (χ0n) is 82.0. The summed E-state index contributed by atoms with van der Waals surface area (Å²) in [6.45, 7) is 70.3. The lowest BCUT2D eigenvalue weighted by molar-refractivity contribution is 0.452. The Labute approximate surface area is 725 Å². The standard InChI is InChI=1S/C15H29N3.4C14H27N3.2C13H25N3/c1-13(2)8-5-6-10-15-12-16-17-18(15)11-7-9-14(3)4;1-12(2)7-5-9-14-11-17(16-15-14)10-6-8-13(3)4;1-12(2)7-5-6-10-17-11-14(15-16-17)9-8-13(3)4;1-12(2)7-5-6-8-14-11-15-16-17(14)10-9-13(3)4;1-12(2)8-6-5-7-9-17-11-14(15-16-17)10-13(3)4;1-11(2)7-5-6-8-13-9-14-15-16(13)10-12(3)4;1-11(2)7-5-6-8-13-10-16(15-14-13)9-12(3)4/h12-14H,5-11H2,1-4H3;4*11-13H,5-10H2,1-4H3;9,11-12H,5-8,10H2,1-4H3;10-12H,5-9H2,1-4H3. The van der Waals surface area contributed by atoms with Crippen molar-refractivity contribution in [1.29, 1.82) is 0 Å². The lowest BCUT2D eigenvalue weighted by atomic mass is 10.0. The van der Waals surface area contributed by atoms with Crippen molar-refractivity contribution < 1.29 is 0 Å². The van der Waals surface area contributed by atoms with E-state index in [-0.39, 0.29) is 0 Å². The zero-order valence-corrected chi connectivity index (χ0v) is 82.0. The summed E-state index contributed by atoms with van der Waals surface area (Å²) < 4.78 is 14.2. The predicted molar refractivity (Wildman–Crippen MR) is 498 cm³/mol. The minimum Gasteiger partial charge on any atom is -0.252 e. The molecule has 0 bridgehead atoms. The van der Waals surface area contributed by atoms with Crippen LogP contribution in [-0.4, -0.2) is 105 Å². The second kappa shape index (κ2) is 68.5. The fourth-order valence-electron chi connectivity index (χ4n) is 13.4.